The quantitative estimate of drug-likeness (QED) is 0.910. The summed E-state index contributed by atoms with van der Waals surface area (Å²) in [6.45, 7) is 1.02. The molecule has 7 nitrogen and oxygen atoms in total. The summed E-state index contributed by atoms with van der Waals surface area (Å²) in [5.74, 6) is -1.19. The van der Waals surface area contributed by atoms with E-state index in [4.69, 9.17) is 9.84 Å². The number of fused-ring (bicyclic) bond motifs is 1. The molecule has 1 fully saturated rings. The minimum absolute atomic E-state index is 0.128. The highest BCUT2D eigenvalue weighted by molar-refractivity contribution is 6.05. The maximum absolute atomic E-state index is 12.8. The fourth-order valence-corrected chi connectivity index (χ4v) is 2.80. The van der Waals surface area contributed by atoms with Gasteiger partial charge in [-0.1, -0.05) is 18.2 Å². The van der Waals surface area contributed by atoms with Gasteiger partial charge < -0.3 is 14.7 Å². The molecule has 1 aliphatic rings. The predicted molar refractivity (Wildman–Crippen MR) is 78.6 cm³/mol. The number of carbonyl (C=O) groups excluding carboxylic acids is 1. The Hall–Kier alpha value is -2.41. The molecule has 1 N–H and O–H groups in total. The standard InChI is InChI=1S/C15H17N3O4/c1-17-12-5-3-2-4-11(12)14(16-17)15(21)18-6-7-22-9-10(18)8-13(19)20/h2-5,10H,6-9H2,1H3,(H,19,20)/t10-/m0/s1. The Morgan fingerprint density at radius 1 is 1.41 bits per heavy atom. The molecule has 1 aliphatic heterocycles. The first-order valence-electron chi connectivity index (χ1n) is 7.10. The molecular weight excluding hydrogens is 286 g/mol. The van der Waals surface area contributed by atoms with Crippen LogP contribution in [0.15, 0.2) is 24.3 Å². The first kappa shape index (κ1) is 14.5. The van der Waals surface area contributed by atoms with E-state index in [1.54, 1.807) is 16.6 Å². The molecular formula is C15H17N3O4. The molecule has 0 saturated carbocycles. The van der Waals surface area contributed by atoms with Crippen molar-refractivity contribution in [3.8, 4) is 0 Å². The third-order valence-corrected chi connectivity index (χ3v) is 3.86. The minimum atomic E-state index is -0.945. The van der Waals surface area contributed by atoms with Gasteiger partial charge in [0.2, 0.25) is 0 Å². The summed E-state index contributed by atoms with van der Waals surface area (Å²) in [4.78, 5) is 25.4. The van der Waals surface area contributed by atoms with Gasteiger partial charge >= 0.3 is 5.97 Å². The maximum Gasteiger partial charge on any atom is 0.305 e. The van der Waals surface area contributed by atoms with Crippen molar-refractivity contribution < 1.29 is 19.4 Å². The Kier molecular flexibility index (Phi) is 3.81. The zero-order valence-electron chi connectivity index (χ0n) is 12.2. The lowest BCUT2D eigenvalue weighted by Gasteiger charge is -2.34. The van der Waals surface area contributed by atoms with Crippen molar-refractivity contribution in [3.05, 3.63) is 30.0 Å². The number of rotatable bonds is 3. The van der Waals surface area contributed by atoms with E-state index in [-0.39, 0.29) is 18.9 Å². The number of aliphatic carboxylic acids is 1. The van der Waals surface area contributed by atoms with Crippen LogP contribution >= 0.6 is 0 Å². The maximum atomic E-state index is 12.8. The highest BCUT2D eigenvalue weighted by Crippen LogP contribution is 2.21. The van der Waals surface area contributed by atoms with E-state index in [2.05, 4.69) is 5.10 Å². The van der Waals surface area contributed by atoms with Gasteiger partial charge in [0.1, 0.15) is 0 Å². The van der Waals surface area contributed by atoms with Crippen molar-refractivity contribution in [3.63, 3.8) is 0 Å². The number of morpholine rings is 1. The third kappa shape index (κ3) is 2.55. The van der Waals surface area contributed by atoms with Crippen LogP contribution in [0.3, 0.4) is 0 Å². The number of para-hydroxylation sites is 1. The van der Waals surface area contributed by atoms with Crippen LogP contribution in [-0.2, 0) is 16.6 Å². The van der Waals surface area contributed by atoms with Crippen molar-refractivity contribution in [1.82, 2.24) is 14.7 Å². The first-order chi connectivity index (χ1) is 10.6. The molecule has 116 valence electrons. The van der Waals surface area contributed by atoms with Crippen LogP contribution in [0.4, 0.5) is 0 Å². The zero-order chi connectivity index (χ0) is 15.7. The second-order valence-corrected chi connectivity index (χ2v) is 5.31. The number of ether oxygens (including phenoxy) is 1. The molecule has 7 heteroatoms. The Morgan fingerprint density at radius 2 is 2.18 bits per heavy atom. The fourth-order valence-electron chi connectivity index (χ4n) is 2.80. The van der Waals surface area contributed by atoms with Gasteiger partial charge in [-0.2, -0.15) is 5.10 Å². The van der Waals surface area contributed by atoms with Gasteiger partial charge in [0, 0.05) is 19.0 Å². The van der Waals surface area contributed by atoms with Gasteiger partial charge in [-0.15, -0.1) is 0 Å². The average Bonchev–Trinajstić information content (AvgIpc) is 2.84. The summed E-state index contributed by atoms with van der Waals surface area (Å²) in [6.07, 6.45) is -0.128. The lowest BCUT2D eigenvalue weighted by Crippen LogP contribution is -2.49. The summed E-state index contributed by atoms with van der Waals surface area (Å²) in [7, 11) is 1.78. The number of amides is 1. The van der Waals surface area contributed by atoms with Crippen molar-refractivity contribution in [2.24, 2.45) is 7.05 Å². The molecule has 0 unspecified atom stereocenters. The van der Waals surface area contributed by atoms with Gasteiger partial charge in [-0.25, -0.2) is 0 Å². The number of hydrogen-bond acceptors (Lipinski definition) is 4. The number of carboxylic acid groups (broad SMARTS) is 1. The molecule has 2 aromatic rings. The van der Waals surface area contributed by atoms with Crippen LogP contribution in [-0.4, -0.2) is 57.5 Å². The van der Waals surface area contributed by atoms with E-state index in [9.17, 15) is 9.59 Å². The lowest BCUT2D eigenvalue weighted by molar-refractivity contribution is -0.139. The number of carboxylic acids is 1. The Balaban J connectivity index is 1.95. The molecule has 1 aromatic heterocycles. The SMILES string of the molecule is Cn1nc(C(=O)N2CCOC[C@@H]2CC(=O)O)c2ccccc21. The molecule has 3 rings (SSSR count). The number of aromatic nitrogens is 2. The largest absolute Gasteiger partial charge is 0.481 e. The van der Waals surface area contributed by atoms with E-state index in [1.165, 1.54) is 0 Å². The van der Waals surface area contributed by atoms with Crippen LogP contribution in [0, 0.1) is 0 Å². The molecule has 1 atom stereocenters. The molecule has 0 bridgehead atoms. The lowest BCUT2D eigenvalue weighted by atomic mass is 10.1. The van der Waals surface area contributed by atoms with Crippen molar-refractivity contribution in [1.29, 1.82) is 0 Å². The molecule has 0 aliphatic carbocycles. The number of nitrogens with zero attached hydrogens (tertiary/aromatic N) is 3. The van der Waals surface area contributed by atoms with Crippen molar-refractivity contribution in [2.75, 3.05) is 19.8 Å². The van der Waals surface area contributed by atoms with E-state index >= 15 is 0 Å². The molecule has 0 spiro atoms. The average molecular weight is 303 g/mol. The van der Waals surface area contributed by atoms with Gasteiger partial charge in [0.25, 0.3) is 5.91 Å². The molecule has 1 aromatic carbocycles. The first-order valence-corrected chi connectivity index (χ1v) is 7.10. The van der Waals surface area contributed by atoms with E-state index < -0.39 is 12.0 Å². The monoisotopic (exact) mass is 303 g/mol. The van der Waals surface area contributed by atoms with E-state index in [0.29, 0.717) is 18.8 Å². The summed E-state index contributed by atoms with van der Waals surface area (Å²) in [5.41, 5.74) is 1.23. The third-order valence-electron chi connectivity index (χ3n) is 3.86. The number of aryl methyl sites for hydroxylation is 1. The second kappa shape index (κ2) is 5.76. The fraction of sp³-hybridized carbons (Fsp3) is 0.400. The van der Waals surface area contributed by atoms with Crippen LogP contribution in [0.1, 0.15) is 16.9 Å². The topological polar surface area (TPSA) is 84.7 Å². The predicted octanol–water partition coefficient (Wildman–Crippen LogP) is 0.889. The van der Waals surface area contributed by atoms with Crippen molar-refractivity contribution >= 4 is 22.8 Å². The Morgan fingerprint density at radius 3 is 2.95 bits per heavy atom. The summed E-state index contributed by atoms with van der Waals surface area (Å²) in [5, 5.41) is 14.1. The molecule has 0 radical (unpaired) electrons. The van der Waals surface area contributed by atoms with Gasteiger partial charge in [0.15, 0.2) is 5.69 Å². The van der Waals surface area contributed by atoms with Crippen LogP contribution in [0.5, 0.6) is 0 Å². The van der Waals surface area contributed by atoms with E-state index in [1.807, 2.05) is 24.3 Å². The van der Waals surface area contributed by atoms with Gasteiger partial charge in [0.05, 0.1) is 31.2 Å². The smallest absolute Gasteiger partial charge is 0.305 e. The number of carbonyl (C=O) groups is 2. The number of hydrogen-bond donors (Lipinski definition) is 1. The Labute approximate surface area is 127 Å². The minimum Gasteiger partial charge on any atom is -0.481 e. The summed E-state index contributed by atoms with van der Waals surface area (Å²) >= 11 is 0. The molecule has 2 heterocycles. The van der Waals surface area contributed by atoms with Crippen LogP contribution in [0.2, 0.25) is 0 Å². The normalized spacial score (nSPS) is 18.6. The molecule has 1 saturated heterocycles. The molecule has 22 heavy (non-hydrogen) atoms. The molecule has 1 amide bonds. The highest BCUT2D eigenvalue weighted by Gasteiger charge is 2.32. The van der Waals surface area contributed by atoms with E-state index in [0.717, 1.165) is 10.9 Å². The van der Waals surface area contributed by atoms with Crippen LogP contribution < -0.4 is 0 Å². The number of benzene rings is 1. The second-order valence-electron chi connectivity index (χ2n) is 5.31. The summed E-state index contributed by atoms with van der Waals surface area (Å²) < 4.78 is 6.97. The van der Waals surface area contributed by atoms with Crippen molar-refractivity contribution in [2.45, 2.75) is 12.5 Å². The van der Waals surface area contributed by atoms with Gasteiger partial charge in [-0.05, 0) is 6.07 Å². The Bertz CT molecular complexity index is 725. The van der Waals surface area contributed by atoms with Gasteiger partial charge in [-0.3, -0.25) is 14.3 Å². The highest BCUT2D eigenvalue weighted by atomic mass is 16.5. The summed E-state index contributed by atoms with van der Waals surface area (Å²) in [6, 6.07) is 7.03. The van der Waals surface area contributed by atoms with Crippen LogP contribution in [0.25, 0.3) is 10.9 Å². The zero-order valence-corrected chi connectivity index (χ0v) is 12.2.